The van der Waals surface area contributed by atoms with Crippen molar-refractivity contribution >= 4 is 29.4 Å². The van der Waals surface area contributed by atoms with Crippen molar-refractivity contribution in [1.29, 1.82) is 0 Å². The highest BCUT2D eigenvalue weighted by molar-refractivity contribution is 6.34. The molecule has 0 fully saturated rings. The number of rotatable bonds is 7. The monoisotopic (exact) mass is 394 g/mol. The lowest BCUT2D eigenvalue weighted by molar-refractivity contribution is -0.124. The van der Waals surface area contributed by atoms with Crippen LogP contribution in [0.2, 0.25) is 0 Å². The number of carbonyl (C=O) groups excluding carboxylic acids is 4. The third kappa shape index (κ3) is 4.34. The van der Waals surface area contributed by atoms with Gasteiger partial charge in [-0.05, 0) is 49.7 Å². The Labute approximate surface area is 168 Å². The van der Waals surface area contributed by atoms with Crippen LogP contribution in [0.3, 0.4) is 0 Å². The second-order valence-corrected chi connectivity index (χ2v) is 6.87. The van der Waals surface area contributed by atoms with E-state index in [2.05, 4.69) is 5.32 Å². The van der Waals surface area contributed by atoms with E-state index in [4.69, 9.17) is 4.74 Å². The Morgan fingerprint density at radius 2 is 1.59 bits per heavy atom. The number of imide groups is 1. The molecule has 150 valence electrons. The smallest absolute Gasteiger partial charge is 0.338 e. The molecule has 1 aliphatic heterocycles. The Balaban J connectivity index is 1.62. The number of fused-ring (bicyclic) bond motifs is 1. The number of hydrogen-bond donors (Lipinski definition) is 1. The van der Waals surface area contributed by atoms with E-state index in [0.717, 1.165) is 17.7 Å². The SMILES string of the molecule is CCC[C@H](C)NC(=O)COC(=O)c1ccc(N2C(=O)c3ccccc3C2=O)cc1. The molecule has 7 nitrogen and oxygen atoms in total. The van der Waals surface area contributed by atoms with Crippen LogP contribution in [0, 0.1) is 0 Å². The van der Waals surface area contributed by atoms with Gasteiger partial charge in [-0.2, -0.15) is 0 Å². The zero-order valence-corrected chi connectivity index (χ0v) is 16.3. The van der Waals surface area contributed by atoms with E-state index < -0.39 is 17.8 Å². The van der Waals surface area contributed by atoms with Gasteiger partial charge in [0, 0.05) is 6.04 Å². The molecular formula is C22H22N2O5. The molecule has 0 radical (unpaired) electrons. The van der Waals surface area contributed by atoms with Crippen molar-refractivity contribution in [3.05, 3.63) is 65.2 Å². The number of carbonyl (C=O) groups is 4. The molecule has 1 atom stereocenters. The highest BCUT2D eigenvalue weighted by Crippen LogP contribution is 2.28. The van der Waals surface area contributed by atoms with Crippen molar-refractivity contribution in [2.75, 3.05) is 11.5 Å². The Kier molecular flexibility index (Phi) is 6.07. The van der Waals surface area contributed by atoms with Crippen LogP contribution in [-0.4, -0.2) is 36.3 Å². The first-order chi connectivity index (χ1) is 13.9. The van der Waals surface area contributed by atoms with Crippen LogP contribution in [0.5, 0.6) is 0 Å². The number of esters is 1. The summed E-state index contributed by atoms with van der Waals surface area (Å²) in [6.07, 6.45) is 1.79. The van der Waals surface area contributed by atoms with E-state index in [0.29, 0.717) is 16.8 Å². The normalized spacial score (nSPS) is 13.8. The van der Waals surface area contributed by atoms with Crippen molar-refractivity contribution < 1.29 is 23.9 Å². The molecule has 0 aliphatic carbocycles. The van der Waals surface area contributed by atoms with Crippen LogP contribution in [0.4, 0.5) is 5.69 Å². The van der Waals surface area contributed by atoms with Gasteiger partial charge >= 0.3 is 5.97 Å². The Bertz CT molecular complexity index is 917. The van der Waals surface area contributed by atoms with Gasteiger partial charge < -0.3 is 10.1 Å². The molecule has 0 saturated heterocycles. The Morgan fingerprint density at radius 1 is 1.00 bits per heavy atom. The van der Waals surface area contributed by atoms with Gasteiger partial charge in [0.05, 0.1) is 22.4 Å². The summed E-state index contributed by atoms with van der Waals surface area (Å²) in [6, 6.07) is 12.5. The van der Waals surface area contributed by atoms with Gasteiger partial charge in [0.1, 0.15) is 0 Å². The van der Waals surface area contributed by atoms with Crippen LogP contribution >= 0.6 is 0 Å². The van der Waals surface area contributed by atoms with Gasteiger partial charge in [-0.3, -0.25) is 14.4 Å². The standard InChI is InChI=1S/C22H22N2O5/c1-3-6-14(2)23-19(25)13-29-22(28)15-9-11-16(12-10-15)24-20(26)17-7-4-5-8-18(17)21(24)27/h4-5,7-12,14H,3,6,13H2,1-2H3,(H,23,25)/t14-/m0/s1. The lowest BCUT2D eigenvalue weighted by Crippen LogP contribution is -2.35. The average molecular weight is 394 g/mol. The molecule has 2 aromatic rings. The number of nitrogens with zero attached hydrogens (tertiary/aromatic N) is 1. The van der Waals surface area contributed by atoms with Crippen molar-refractivity contribution in [2.45, 2.75) is 32.7 Å². The third-order valence-electron chi connectivity index (χ3n) is 4.62. The van der Waals surface area contributed by atoms with E-state index in [-0.39, 0.29) is 24.1 Å². The largest absolute Gasteiger partial charge is 0.452 e. The first kappa shape index (κ1) is 20.3. The number of amides is 3. The van der Waals surface area contributed by atoms with Crippen molar-refractivity contribution in [1.82, 2.24) is 5.32 Å². The number of anilines is 1. The van der Waals surface area contributed by atoms with Gasteiger partial charge in [0.2, 0.25) is 0 Å². The van der Waals surface area contributed by atoms with Gasteiger partial charge in [0.25, 0.3) is 17.7 Å². The van der Waals surface area contributed by atoms with Crippen molar-refractivity contribution in [3.63, 3.8) is 0 Å². The number of ether oxygens (including phenoxy) is 1. The molecule has 7 heteroatoms. The molecule has 29 heavy (non-hydrogen) atoms. The molecule has 1 aliphatic rings. The first-order valence-electron chi connectivity index (χ1n) is 9.46. The minimum atomic E-state index is -0.655. The lowest BCUT2D eigenvalue weighted by atomic mass is 10.1. The van der Waals surface area contributed by atoms with Gasteiger partial charge in [0.15, 0.2) is 6.61 Å². The van der Waals surface area contributed by atoms with Gasteiger partial charge in [-0.1, -0.05) is 25.5 Å². The van der Waals surface area contributed by atoms with Gasteiger partial charge in [-0.25, -0.2) is 9.69 Å². The summed E-state index contributed by atoms with van der Waals surface area (Å²) < 4.78 is 5.03. The molecule has 3 amide bonds. The minimum Gasteiger partial charge on any atom is -0.452 e. The van der Waals surface area contributed by atoms with Crippen molar-refractivity contribution in [2.24, 2.45) is 0 Å². The summed E-state index contributed by atoms with van der Waals surface area (Å²) in [5.74, 6) is -1.82. The van der Waals surface area contributed by atoms with Crippen LogP contribution in [0.1, 0.15) is 57.8 Å². The predicted molar refractivity (Wildman–Crippen MR) is 107 cm³/mol. The van der Waals surface area contributed by atoms with Gasteiger partial charge in [-0.15, -0.1) is 0 Å². The second kappa shape index (κ2) is 8.68. The molecule has 0 saturated carbocycles. The maximum absolute atomic E-state index is 12.5. The fraction of sp³-hybridized carbons (Fsp3) is 0.273. The third-order valence-corrected chi connectivity index (χ3v) is 4.62. The van der Waals surface area contributed by atoms with E-state index in [1.165, 1.54) is 24.3 Å². The first-order valence-corrected chi connectivity index (χ1v) is 9.46. The summed E-state index contributed by atoms with van der Waals surface area (Å²) >= 11 is 0. The van der Waals surface area contributed by atoms with Crippen molar-refractivity contribution in [3.8, 4) is 0 Å². The number of hydrogen-bond acceptors (Lipinski definition) is 5. The molecular weight excluding hydrogens is 372 g/mol. The summed E-state index contributed by atoms with van der Waals surface area (Å²) in [4.78, 5) is 50.0. The molecule has 0 aromatic heterocycles. The Morgan fingerprint density at radius 3 is 2.14 bits per heavy atom. The zero-order chi connectivity index (χ0) is 21.0. The van der Waals surface area contributed by atoms with E-state index in [1.807, 2.05) is 13.8 Å². The molecule has 3 rings (SSSR count). The average Bonchev–Trinajstić information content (AvgIpc) is 2.97. The maximum atomic E-state index is 12.5. The fourth-order valence-corrected chi connectivity index (χ4v) is 3.21. The summed E-state index contributed by atoms with van der Waals surface area (Å²) in [5, 5.41) is 2.75. The lowest BCUT2D eigenvalue weighted by Gasteiger charge is -2.14. The van der Waals surface area contributed by atoms with Crippen LogP contribution in [0.15, 0.2) is 48.5 Å². The molecule has 2 aromatic carbocycles. The summed E-state index contributed by atoms with van der Waals surface area (Å²) in [7, 11) is 0. The highest BCUT2D eigenvalue weighted by atomic mass is 16.5. The Hall–Kier alpha value is -3.48. The molecule has 1 N–H and O–H groups in total. The second-order valence-electron chi connectivity index (χ2n) is 6.87. The quantitative estimate of drug-likeness (QED) is 0.576. The number of benzene rings is 2. The predicted octanol–water partition coefficient (Wildman–Crippen LogP) is 2.95. The van der Waals surface area contributed by atoms with Crippen LogP contribution in [-0.2, 0) is 9.53 Å². The summed E-state index contributed by atoms with van der Waals surface area (Å²) in [6.45, 7) is 3.54. The molecule has 1 heterocycles. The maximum Gasteiger partial charge on any atom is 0.338 e. The van der Waals surface area contributed by atoms with E-state index in [1.54, 1.807) is 24.3 Å². The van der Waals surface area contributed by atoms with E-state index in [9.17, 15) is 19.2 Å². The number of nitrogens with one attached hydrogen (secondary N) is 1. The fourth-order valence-electron chi connectivity index (χ4n) is 3.21. The molecule has 0 unspecified atom stereocenters. The highest BCUT2D eigenvalue weighted by Gasteiger charge is 2.36. The van der Waals surface area contributed by atoms with Crippen LogP contribution in [0.25, 0.3) is 0 Å². The molecule has 0 spiro atoms. The van der Waals surface area contributed by atoms with E-state index >= 15 is 0 Å². The molecule has 0 bridgehead atoms. The summed E-state index contributed by atoms with van der Waals surface area (Å²) in [5.41, 5.74) is 1.28. The topological polar surface area (TPSA) is 92.8 Å². The van der Waals surface area contributed by atoms with Crippen LogP contribution < -0.4 is 10.2 Å². The minimum absolute atomic E-state index is 0.0187. The zero-order valence-electron chi connectivity index (χ0n) is 16.3.